The Morgan fingerprint density at radius 1 is 1.10 bits per heavy atom. The largest absolute Gasteiger partial charge is 0.387 e. The van der Waals surface area contributed by atoms with E-state index in [0.717, 1.165) is 37.0 Å². The highest BCUT2D eigenvalue weighted by Gasteiger charge is 2.24. The summed E-state index contributed by atoms with van der Waals surface area (Å²) in [5.74, 6) is 1.51. The summed E-state index contributed by atoms with van der Waals surface area (Å²) in [5, 5.41) is 10.6. The number of likely N-dealkylation sites (tertiary alicyclic amines) is 1. The quantitative estimate of drug-likeness (QED) is 0.918. The Morgan fingerprint density at radius 2 is 1.76 bits per heavy atom. The lowest BCUT2D eigenvalue weighted by molar-refractivity contribution is 0.0699. The van der Waals surface area contributed by atoms with Gasteiger partial charge in [0.1, 0.15) is 0 Å². The molecule has 0 amide bonds. The van der Waals surface area contributed by atoms with Crippen molar-refractivity contribution in [1.29, 1.82) is 0 Å². The van der Waals surface area contributed by atoms with Crippen LogP contribution in [-0.4, -0.2) is 29.6 Å². The molecule has 1 aliphatic heterocycles. The van der Waals surface area contributed by atoms with Gasteiger partial charge in [-0.15, -0.1) is 0 Å². The molecule has 1 aliphatic carbocycles. The molecule has 3 atom stereocenters. The summed E-state index contributed by atoms with van der Waals surface area (Å²) >= 11 is 0. The first-order chi connectivity index (χ1) is 10.1. The molecule has 1 saturated heterocycles. The number of hydrogen-bond acceptors (Lipinski definition) is 2. The van der Waals surface area contributed by atoms with E-state index >= 15 is 0 Å². The van der Waals surface area contributed by atoms with E-state index in [1.54, 1.807) is 0 Å². The first-order valence-electron chi connectivity index (χ1n) is 8.64. The maximum atomic E-state index is 10.6. The van der Waals surface area contributed by atoms with Gasteiger partial charge in [-0.25, -0.2) is 0 Å². The molecule has 0 bridgehead atoms. The smallest absolute Gasteiger partial charge is 0.0917 e. The summed E-state index contributed by atoms with van der Waals surface area (Å²) in [6.45, 7) is 7.70. The van der Waals surface area contributed by atoms with Gasteiger partial charge in [-0.1, -0.05) is 32.0 Å². The lowest BCUT2D eigenvalue weighted by Crippen LogP contribution is -2.40. The van der Waals surface area contributed by atoms with Gasteiger partial charge < -0.3 is 5.11 Å². The minimum absolute atomic E-state index is 0.338. The van der Waals surface area contributed by atoms with Crippen LogP contribution in [0.4, 0.5) is 0 Å². The molecule has 1 aromatic carbocycles. The van der Waals surface area contributed by atoms with Gasteiger partial charge in [-0.05, 0) is 60.6 Å². The molecule has 0 aromatic heterocycles. The Bertz CT molecular complexity index is 474. The number of aryl methyl sites for hydroxylation is 2. The highest BCUT2D eigenvalue weighted by atomic mass is 16.3. The molecule has 2 heteroatoms. The van der Waals surface area contributed by atoms with Crippen molar-refractivity contribution in [2.24, 2.45) is 11.8 Å². The molecule has 0 saturated carbocycles. The molecule has 1 N–H and O–H groups in total. The van der Waals surface area contributed by atoms with Crippen LogP contribution in [-0.2, 0) is 12.8 Å². The van der Waals surface area contributed by atoms with Gasteiger partial charge in [0.2, 0.25) is 0 Å². The van der Waals surface area contributed by atoms with E-state index in [4.69, 9.17) is 0 Å². The molecule has 1 aromatic rings. The molecule has 3 unspecified atom stereocenters. The number of fused-ring (bicyclic) bond motifs is 1. The Labute approximate surface area is 129 Å². The molecule has 2 aliphatic rings. The minimum Gasteiger partial charge on any atom is -0.387 e. The molecular weight excluding hydrogens is 258 g/mol. The lowest BCUT2D eigenvalue weighted by atomic mass is 9.89. The third-order valence-electron chi connectivity index (χ3n) is 5.13. The van der Waals surface area contributed by atoms with Crippen molar-refractivity contribution in [2.75, 3.05) is 19.6 Å². The topological polar surface area (TPSA) is 23.5 Å². The zero-order valence-electron chi connectivity index (χ0n) is 13.5. The van der Waals surface area contributed by atoms with Gasteiger partial charge in [-0.2, -0.15) is 0 Å². The van der Waals surface area contributed by atoms with Crippen LogP contribution in [0.5, 0.6) is 0 Å². The van der Waals surface area contributed by atoms with E-state index < -0.39 is 0 Å². The predicted octanol–water partition coefficient (Wildman–Crippen LogP) is 3.58. The highest BCUT2D eigenvalue weighted by molar-refractivity contribution is 5.34. The van der Waals surface area contributed by atoms with Crippen molar-refractivity contribution < 1.29 is 5.11 Å². The van der Waals surface area contributed by atoms with Crippen molar-refractivity contribution in [3.05, 3.63) is 34.9 Å². The predicted molar refractivity (Wildman–Crippen MR) is 87.4 cm³/mol. The van der Waals surface area contributed by atoms with Crippen molar-refractivity contribution in [3.63, 3.8) is 0 Å². The summed E-state index contributed by atoms with van der Waals surface area (Å²) < 4.78 is 0. The second-order valence-electron chi connectivity index (χ2n) is 7.42. The summed E-state index contributed by atoms with van der Waals surface area (Å²) in [6.07, 6.45) is 6.01. The first kappa shape index (κ1) is 15.1. The maximum Gasteiger partial charge on any atom is 0.0917 e. The van der Waals surface area contributed by atoms with Crippen molar-refractivity contribution in [3.8, 4) is 0 Å². The van der Waals surface area contributed by atoms with Gasteiger partial charge in [0.25, 0.3) is 0 Å². The van der Waals surface area contributed by atoms with E-state index in [-0.39, 0.29) is 6.10 Å². The van der Waals surface area contributed by atoms with E-state index in [2.05, 4.69) is 36.9 Å². The first-order valence-corrected chi connectivity index (χ1v) is 8.64. The monoisotopic (exact) mass is 287 g/mol. The zero-order chi connectivity index (χ0) is 14.8. The number of rotatable bonds is 3. The van der Waals surface area contributed by atoms with Gasteiger partial charge in [0.15, 0.2) is 0 Å². The second-order valence-corrected chi connectivity index (χ2v) is 7.42. The van der Waals surface area contributed by atoms with Gasteiger partial charge in [-0.3, -0.25) is 4.90 Å². The fourth-order valence-corrected chi connectivity index (χ4v) is 4.25. The Kier molecular flexibility index (Phi) is 4.66. The Hall–Kier alpha value is -0.860. The van der Waals surface area contributed by atoms with Crippen molar-refractivity contribution in [1.82, 2.24) is 4.90 Å². The second kappa shape index (κ2) is 6.50. The number of β-amino-alcohol motifs (C(OH)–C–C–N with tert-alkyl or cyclic N) is 1. The summed E-state index contributed by atoms with van der Waals surface area (Å²) in [5.41, 5.74) is 4.08. The molecule has 1 fully saturated rings. The molecule has 21 heavy (non-hydrogen) atoms. The molecule has 1 heterocycles. The fraction of sp³-hybridized carbons (Fsp3) is 0.684. The van der Waals surface area contributed by atoms with Crippen LogP contribution in [0.1, 0.15) is 55.9 Å². The summed E-state index contributed by atoms with van der Waals surface area (Å²) in [7, 11) is 0. The number of benzene rings is 1. The number of piperidine rings is 1. The van der Waals surface area contributed by atoms with E-state index in [0.29, 0.717) is 0 Å². The van der Waals surface area contributed by atoms with Crippen molar-refractivity contribution in [2.45, 2.75) is 52.1 Å². The van der Waals surface area contributed by atoms with Gasteiger partial charge in [0, 0.05) is 19.6 Å². The standard InChI is InChI=1S/C19H29NO/c1-14-9-15(2)12-20(11-14)13-19(21)18-8-7-16-5-3-4-6-17(16)10-18/h7-8,10,14-15,19,21H,3-6,9,11-13H2,1-2H3. The summed E-state index contributed by atoms with van der Waals surface area (Å²) in [6, 6.07) is 6.65. The third-order valence-corrected chi connectivity index (χ3v) is 5.13. The van der Waals surface area contributed by atoms with Crippen LogP contribution in [0.15, 0.2) is 18.2 Å². The molecule has 2 nitrogen and oxygen atoms in total. The zero-order valence-corrected chi connectivity index (χ0v) is 13.5. The van der Waals surface area contributed by atoms with Crippen LogP contribution in [0.25, 0.3) is 0 Å². The number of aliphatic hydroxyl groups is 1. The maximum absolute atomic E-state index is 10.6. The third kappa shape index (κ3) is 3.67. The van der Waals surface area contributed by atoms with E-state index in [1.165, 1.54) is 43.2 Å². The van der Waals surface area contributed by atoms with E-state index in [1.807, 2.05) is 0 Å². The average Bonchev–Trinajstić information content (AvgIpc) is 2.45. The van der Waals surface area contributed by atoms with Crippen LogP contribution in [0, 0.1) is 11.8 Å². The molecular formula is C19H29NO. The van der Waals surface area contributed by atoms with Gasteiger partial charge in [0.05, 0.1) is 6.10 Å². The summed E-state index contributed by atoms with van der Waals surface area (Å²) in [4.78, 5) is 2.45. The molecule has 0 radical (unpaired) electrons. The number of aliphatic hydroxyl groups excluding tert-OH is 1. The Balaban J connectivity index is 1.66. The van der Waals surface area contributed by atoms with Crippen LogP contribution >= 0.6 is 0 Å². The minimum atomic E-state index is -0.338. The number of nitrogens with zero attached hydrogens (tertiary/aromatic N) is 1. The molecule has 116 valence electrons. The van der Waals surface area contributed by atoms with E-state index in [9.17, 15) is 5.11 Å². The lowest BCUT2D eigenvalue weighted by Gasteiger charge is -2.36. The van der Waals surface area contributed by atoms with Gasteiger partial charge >= 0.3 is 0 Å². The molecule has 0 spiro atoms. The SMILES string of the molecule is CC1CC(C)CN(CC(O)c2ccc3c(c2)CCCC3)C1. The highest BCUT2D eigenvalue weighted by Crippen LogP contribution is 2.27. The molecule has 3 rings (SSSR count). The number of hydrogen-bond donors (Lipinski definition) is 1. The Morgan fingerprint density at radius 3 is 2.48 bits per heavy atom. The van der Waals surface area contributed by atoms with Crippen LogP contribution < -0.4 is 0 Å². The van der Waals surface area contributed by atoms with Crippen LogP contribution in [0.2, 0.25) is 0 Å². The normalized spacial score (nSPS) is 28.1. The van der Waals surface area contributed by atoms with Crippen molar-refractivity contribution >= 4 is 0 Å². The fourth-order valence-electron chi connectivity index (χ4n) is 4.25. The average molecular weight is 287 g/mol. The van der Waals surface area contributed by atoms with Crippen LogP contribution in [0.3, 0.4) is 0 Å².